The number of pyridine rings is 1. The summed E-state index contributed by atoms with van der Waals surface area (Å²) in [5, 5.41) is 13.9. The number of benzene rings is 1. The molecule has 0 saturated heterocycles. The maximum atomic E-state index is 15.1. The highest BCUT2D eigenvalue weighted by Gasteiger charge is 2.48. The van der Waals surface area contributed by atoms with Gasteiger partial charge in [-0.05, 0) is 49.1 Å². The van der Waals surface area contributed by atoms with Gasteiger partial charge in [-0.2, -0.15) is 10.2 Å². The Morgan fingerprint density at radius 3 is 2.78 bits per heavy atom. The van der Waals surface area contributed by atoms with Gasteiger partial charge < -0.3 is 4.52 Å². The molecule has 0 radical (unpaired) electrons. The quantitative estimate of drug-likeness (QED) is 0.465. The Hall–Kier alpha value is -3.64. The minimum absolute atomic E-state index is 0.0267. The van der Waals surface area contributed by atoms with Crippen molar-refractivity contribution in [3.05, 3.63) is 80.6 Å². The first-order valence-electron chi connectivity index (χ1n) is 9.90. The second kappa shape index (κ2) is 7.50. The fourth-order valence-corrected chi connectivity index (χ4v) is 4.16. The topological polar surface area (TPSA) is 110 Å². The zero-order valence-electron chi connectivity index (χ0n) is 16.9. The van der Waals surface area contributed by atoms with E-state index < -0.39 is 5.67 Å². The SMILES string of the molecule is Cc1cc(C#N)nc2ncn(Cc3nc([C@H]4C[C@](F)(c5ccc(Cl)cc5)C4)no3)c(=O)c12. The number of aryl methyl sites for hydroxylation is 1. The molecular formula is C22H16ClFN6O2. The highest BCUT2D eigenvalue weighted by atomic mass is 35.5. The van der Waals surface area contributed by atoms with E-state index in [0.29, 0.717) is 27.4 Å². The molecular weight excluding hydrogens is 435 g/mol. The summed E-state index contributed by atoms with van der Waals surface area (Å²) in [4.78, 5) is 25.5. The van der Waals surface area contributed by atoms with Gasteiger partial charge in [0.1, 0.15) is 30.3 Å². The summed E-state index contributed by atoms with van der Waals surface area (Å²) in [5.74, 6) is 0.473. The molecule has 0 unspecified atom stereocenters. The van der Waals surface area contributed by atoms with Crippen LogP contribution in [0.2, 0.25) is 5.02 Å². The van der Waals surface area contributed by atoms with Gasteiger partial charge in [0, 0.05) is 10.9 Å². The number of fused-ring (bicyclic) bond motifs is 1. The zero-order chi connectivity index (χ0) is 22.5. The summed E-state index contributed by atoms with van der Waals surface area (Å²) in [5.41, 5.74) is -0.158. The molecule has 10 heteroatoms. The number of aromatic nitrogens is 5. The molecule has 1 fully saturated rings. The summed E-state index contributed by atoms with van der Waals surface area (Å²) in [6.45, 7) is 1.75. The Morgan fingerprint density at radius 2 is 2.06 bits per heavy atom. The van der Waals surface area contributed by atoms with Crippen LogP contribution in [0.4, 0.5) is 4.39 Å². The number of nitriles is 1. The van der Waals surface area contributed by atoms with Crippen LogP contribution in [0.5, 0.6) is 0 Å². The molecule has 3 aromatic heterocycles. The van der Waals surface area contributed by atoms with Crippen LogP contribution >= 0.6 is 11.6 Å². The third-order valence-electron chi connectivity index (χ3n) is 5.76. The number of alkyl halides is 1. The summed E-state index contributed by atoms with van der Waals surface area (Å²) < 4.78 is 21.8. The molecule has 1 aromatic carbocycles. The fourth-order valence-electron chi connectivity index (χ4n) is 4.04. The smallest absolute Gasteiger partial charge is 0.263 e. The van der Waals surface area contributed by atoms with Crippen LogP contribution in [0, 0.1) is 18.3 Å². The second-order valence-electron chi connectivity index (χ2n) is 7.94. The van der Waals surface area contributed by atoms with Gasteiger partial charge in [-0.15, -0.1) is 0 Å². The number of hydrogen-bond donors (Lipinski definition) is 0. The third kappa shape index (κ3) is 3.42. The first-order chi connectivity index (χ1) is 15.4. The van der Waals surface area contributed by atoms with Gasteiger partial charge in [-0.3, -0.25) is 9.36 Å². The molecule has 0 aliphatic heterocycles. The standard InChI is InChI=1S/C22H16ClFN6O2/c1-12-6-16(9-25)27-20-18(12)21(31)30(11-26-20)10-17-28-19(29-32-17)13-7-22(24,8-13)14-2-4-15(23)5-3-14/h2-6,11,13H,7-8,10H2,1H3/t13-,22+. The van der Waals surface area contributed by atoms with E-state index in [-0.39, 0.29) is 48.1 Å². The van der Waals surface area contributed by atoms with Crippen LogP contribution in [0.15, 0.2) is 46.0 Å². The normalized spacial score (nSPS) is 20.1. The number of halogens is 2. The molecule has 0 bridgehead atoms. The van der Waals surface area contributed by atoms with E-state index in [2.05, 4.69) is 20.1 Å². The first-order valence-corrected chi connectivity index (χ1v) is 10.3. The summed E-state index contributed by atoms with van der Waals surface area (Å²) in [7, 11) is 0. The van der Waals surface area contributed by atoms with Crippen LogP contribution in [-0.4, -0.2) is 24.7 Å². The molecule has 1 aliphatic carbocycles. The van der Waals surface area contributed by atoms with Gasteiger partial charge in [0.05, 0.1) is 5.39 Å². The minimum atomic E-state index is -1.44. The number of rotatable bonds is 4. The molecule has 0 atom stereocenters. The molecule has 0 N–H and O–H groups in total. The van der Waals surface area contributed by atoms with Crippen LogP contribution in [0.25, 0.3) is 11.0 Å². The van der Waals surface area contributed by atoms with Crippen LogP contribution < -0.4 is 5.56 Å². The maximum absolute atomic E-state index is 15.1. The van der Waals surface area contributed by atoms with Crippen molar-refractivity contribution in [1.82, 2.24) is 24.7 Å². The molecule has 1 saturated carbocycles. The molecule has 0 amide bonds. The predicted octanol–water partition coefficient (Wildman–Crippen LogP) is 3.80. The van der Waals surface area contributed by atoms with Crippen LogP contribution in [0.1, 0.15) is 47.3 Å². The average molecular weight is 451 g/mol. The van der Waals surface area contributed by atoms with Crippen molar-refractivity contribution in [3.8, 4) is 6.07 Å². The summed E-state index contributed by atoms with van der Waals surface area (Å²) >= 11 is 5.88. The molecule has 32 heavy (non-hydrogen) atoms. The van der Waals surface area contributed by atoms with E-state index in [1.807, 2.05) is 6.07 Å². The Bertz CT molecular complexity index is 1430. The Balaban J connectivity index is 1.34. The van der Waals surface area contributed by atoms with E-state index in [1.165, 1.54) is 10.9 Å². The Morgan fingerprint density at radius 1 is 1.31 bits per heavy atom. The van der Waals surface area contributed by atoms with Gasteiger partial charge in [-0.1, -0.05) is 28.9 Å². The van der Waals surface area contributed by atoms with Crippen molar-refractivity contribution >= 4 is 22.6 Å². The van der Waals surface area contributed by atoms with Crippen molar-refractivity contribution in [3.63, 3.8) is 0 Å². The lowest BCUT2D eigenvalue weighted by molar-refractivity contribution is 0.0336. The van der Waals surface area contributed by atoms with E-state index >= 15 is 4.39 Å². The predicted molar refractivity (Wildman–Crippen MR) is 113 cm³/mol. The maximum Gasteiger partial charge on any atom is 0.263 e. The number of hydrogen-bond acceptors (Lipinski definition) is 7. The molecule has 1 aliphatic rings. The van der Waals surface area contributed by atoms with Crippen molar-refractivity contribution in [2.75, 3.05) is 0 Å². The van der Waals surface area contributed by atoms with Gasteiger partial charge in [0.15, 0.2) is 11.5 Å². The average Bonchev–Trinajstić information content (AvgIpc) is 3.21. The molecule has 0 spiro atoms. The fraction of sp³-hybridized carbons (Fsp3) is 0.273. The zero-order valence-corrected chi connectivity index (χ0v) is 17.7. The highest BCUT2D eigenvalue weighted by Crippen LogP contribution is 2.53. The molecule has 160 valence electrons. The van der Waals surface area contributed by atoms with Crippen molar-refractivity contribution in [2.45, 2.75) is 37.9 Å². The van der Waals surface area contributed by atoms with Crippen molar-refractivity contribution in [2.24, 2.45) is 0 Å². The van der Waals surface area contributed by atoms with E-state index in [4.69, 9.17) is 21.4 Å². The molecule has 5 rings (SSSR count). The highest BCUT2D eigenvalue weighted by molar-refractivity contribution is 6.30. The lowest BCUT2D eigenvalue weighted by Gasteiger charge is -2.40. The van der Waals surface area contributed by atoms with Gasteiger partial charge in [0.2, 0.25) is 5.89 Å². The Labute approximate surface area is 186 Å². The van der Waals surface area contributed by atoms with Crippen LogP contribution in [-0.2, 0) is 12.2 Å². The summed E-state index contributed by atoms with van der Waals surface area (Å²) in [6.07, 6.45) is 1.83. The number of nitrogens with zero attached hydrogens (tertiary/aromatic N) is 6. The monoisotopic (exact) mass is 450 g/mol. The van der Waals surface area contributed by atoms with E-state index in [9.17, 15) is 4.79 Å². The van der Waals surface area contributed by atoms with Gasteiger partial charge >= 0.3 is 0 Å². The lowest BCUT2D eigenvalue weighted by Crippen LogP contribution is -2.36. The minimum Gasteiger partial charge on any atom is -0.337 e. The largest absolute Gasteiger partial charge is 0.337 e. The van der Waals surface area contributed by atoms with E-state index in [1.54, 1.807) is 37.3 Å². The van der Waals surface area contributed by atoms with Gasteiger partial charge in [-0.25, -0.2) is 14.4 Å². The van der Waals surface area contributed by atoms with Crippen molar-refractivity contribution < 1.29 is 8.91 Å². The third-order valence-corrected chi connectivity index (χ3v) is 6.01. The molecule has 4 aromatic rings. The van der Waals surface area contributed by atoms with Gasteiger partial charge in [0.25, 0.3) is 5.56 Å². The van der Waals surface area contributed by atoms with Crippen molar-refractivity contribution in [1.29, 1.82) is 5.26 Å². The summed E-state index contributed by atoms with van der Waals surface area (Å²) in [6, 6.07) is 10.2. The first kappa shape index (κ1) is 20.3. The molecule has 8 nitrogen and oxygen atoms in total. The lowest BCUT2D eigenvalue weighted by atomic mass is 9.68. The van der Waals surface area contributed by atoms with Crippen LogP contribution in [0.3, 0.4) is 0 Å². The second-order valence-corrected chi connectivity index (χ2v) is 8.37. The van der Waals surface area contributed by atoms with E-state index in [0.717, 1.165) is 0 Å². The molecule has 3 heterocycles. The Kier molecular flexibility index (Phi) is 4.75.